The molecular weight excluding hydrogens is 224 g/mol. The maximum atomic E-state index is 11.3. The van der Waals surface area contributed by atoms with Crippen LogP contribution in [0, 0.1) is 11.8 Å². The monoisotopic (exact) mass is 238 g/mol. The van der Waals surface area contributed by atoms with Crippen LogP contribution >= 0.6 is 11.3 Å². The lowest BCUT2D eigenvalue weighted by molar-refractivity contribution is 0.0520. The van der Waals surface area contributed by atoms with Gasteiger partial charge in [0.15, 0.2) is 10.7 Å². The first-order valence-electron chi connectivity index (χ1n) is 5.04. The number of esters is 1. The zero-order valence-electron chi connectivity index (χ0n) is 9.37. The molecule has 0 atom stereocenters. The maximum absolute atomic E-state index is 11.3. The van der Waals surface area contributed by atoms with Crippen molar-refractivity contribution in [2.45, 2.75) is 13.3 Å². The molecule has 0 aliphatic rings. The number of thiazole rings is 1. The molecule has 0 radical (unpaired) electrons. The van der Waals surface area contributed by atoms with E-state index in [1.165, 1.54) is 11.3 Å². The minimum absolute atomic E-state index is 0.338. The Morgan fingerprint density at radius 3 is 3.19 bits per heavy atom. The van der Waals surface area contributed by atoms with Crippen molar-refractivity contribution in [2.24, 2.45) is 0 Å². The van der Waals surface area contributed by atoms with Gasteiger partial charge in [-0.25, -0.2) is 9.78 Å². The first-order valence-corrected chi connectivity index (χ1v) is 5.92. The maximum Gasteiger partial charge on any atom is 0.357 e. The van der Waals surface area contributed by atoms with Crippen molar-refractivity contribution >= 4 is 17.3 Å². The van der Waals surface area contributed by atoms with Crippen molar-refractivity contribution in [1.82, 2.24) is 10.3 Å². The van der Waals surface area contributed by atoms with Crippen LogP contribution in [0.5, 0.6) is 0 Å². The third kappa shape index (κ3) is 4.01. The molecule has 0 saturated heterocycles. The molecule has 0 aliphatic heterocycles. The van der Waals surface area contributed by atoms with Crippen molar-refractivity contribution < 1.29 is 9.53 Å². The molecule has 1 heterocycles. The molecule has 1 rings (SSSR count). The summed E-state index contributed by atoms with van der Waals surface area (Å²) in [5.41, 5.74) is 0.338. The van der Waals surface area contributed by atoms with Crippen LogP contribution in [0.2, 0.25) is 0 Å². The van der Waals surface area contributed by atoms with E-state index in [1.807, 2.05) is 7.05 Å². The lowest BCUT2D eigenvalue weighted by Gasteiger charge is -1.95. The number of hydrogen-bond acceptors (Lipinski definition) is 5. The Kier molecular flexibility index (Phi) is 5.54. The highest BCUT2D eigenvalue weighted by Crippen LogP contribution is 2.09. The Hall–Kier alpha value is -1.38. The highest BCUT2D eigenvalue weighted by molar-refractivity contribution is 7.10. The Labute approximate surface area is 99.0 Å². The summed E-state index contributed by atoms with van der Waals surface area (Å²) in [5, 5.41) is 5.32. The standard InChI is InChI=1S/C11H14N2O2S/c1-3-15-11(14)9-8-16-10(13-9)6-4-5-7-12-2/h8,12H,3,5,7H2,1-2H3. The number of carbonyl (C=O) groups is 1. The van der Waals surface area contributed by atoms with Crippen LogP contribution in [0.1, 0.15) is 28.8 Å². The van der Waals surface area contributed by atoms with Gasteiger partial charge in [-0.2, -0.15) is 0 Å². The lowest BCUT2D eigenvalue weighted by atomic mass is 10.4. The third-order valence-corrected chi connectivity index (χ3v) is 2.44. The summed E-state index contributed by atoms with van der Waals surface area (Å²) >= 11 is 1.36. The van der Waals surface area contributed by atoms with Gasteiger partial charge < -0.3 is 10.1 Å². The molecule has 0 bridgehead atoms. The molecule has 16 heavy (non-hydrogen) atoms. The lowest BCUT2D eigenvalue weighted by Crippen LogP contribution is -2.06. The molecule has 1 N–H and O–H groups in total. The van der Waals surface area contributed by atoms with Crippen molar-refractivity contribution in [3.63, 3.8) is 0 Å². The summed E-state index contributed by atoms with van der Waals surface area (Å²) < 4.78 is 4.83. The van der Waals surface area contributed by atoms with Crippen molar-refractivity contribution in [3.8, 4) is 11.8 Å². The van der Waals surface area contributed by atoms with Crippen molar-refractivity contribution in [1.29, 1.82) is 0 Å². The minimum Gasteiger partial charge on any atom is -0.461 e. The van der Waals surface area contributed by atoms with Gasteiger partial charge in [-0.3, -0.25) is 0 Å². The summed E-state index contributed by atoms with van der Waals surface area (Å²) in [7, 11) is 1.88. The van der Waals surface area contributed by atoms with E-state index < -0.39 is 0 Å². The van der Waals surface area contributed by atoms with Gasteiger partial charge in [-0.1, -0.05) is 5.92 Å². The molecule has 0 aromatic carbocycles. The topological polar surface area (TPSA) is 51.2 Å². The second-order valence-corrected chi connectivity index (χ2v) is 3.77. The number of carbonyl (C=O) groups excluding carboxylic acids is 1. The Bertz CT molecular complexity index is 404. The van der Waals surface area contributed by atoms with Gasteiger partial charge in [0, 0.05) is 18.3 Å². The number of nitrogens with zero attached hydrogens (tertiary/aromatic N) is 1. The zero-order valence-corrected chi connectivity index (χ0v) is 10.2. The van der Waals surface area contributed by atoms with Crippen LogP contribution in [0.3, 0.4) is 0 Å². The molecule has 1 aromatic rings. The predicted octanol–water partition coefficient (Wildman–Crippen LogP) is 1.28. The number of nitrogens with one attached hydrogen (secondary N) is 1. The van der Waals surface area contributed by atoms with Gasteiger partial charge in [0.05, 0.1) is 6.61 Å². The average molecular weight is 238 g/mol. The van der Waals surface area contributed by atoms with Crippen molar-refractivity contribution in [2.75, 3.05) is 20.2 Å². The fraction of sp³-hybridized carbons (Fsp3) is 0.455. The Morgan fingerprint density at radius 1 is 1.69 bits per heavy atom. The molecule has 86 valence electrons. The highest BCUT2D eigenvalue weighted by Gasteiger charge is 2.09. The minimum atomic E-state index is -0.387. The first-order chi connectivity index (χ1) is 7.77. The first kappa shape index (κ1) is 12.7. The normalized spacial score (nSPS) is 9.38. The SMILES string of the molecule is CCOC(=O)c1csc(C#CCCNC)n1. The van der Waals surface area contributed by atoms with Gasteiger partial charge in [-0.05, 0) is 19.9 Å². The molecule has 1 aromatic heterocycles. The molecule has 0 aliphatic carbocycles. The van der Waals surface area contributed by atoms with E-state index in [9.17, 15) is 4.79 Å². The molecule has 0 fully saturated rings. The predicted molar refractivity (Wildman–Crippen MR) is 63.5 cm³/mol. The second kappa shape index (κ2) is 6.99. The fourth-order valence-corrected chi connectivity index (χ4v) is 1.61. The summed E-state index contributed by atoms with van der Waals surface area (Å²) in [5.74, 6) is 5.49. The van der Waals surface area contributed by atoms with E-state index in [4.69, 9.17) is 4.74 Å². The molecule has 0 unspecified atom stereocenters. The molecule has 0 saturated carbocycles. The van der Waals surface area contributed by atoms with Crippen molar-refractivity contribution in [3.05, 3.63) is 16.1 Å². The van der Waals surface area contributed by atoms with Gasteiger partial charge in [0.2, 0.25) is 0 Å². The van der Waals surface area contributed by atoms with Crippen LogP contribution in [0.25, 0.3) is 0 Å². The van der Waals surface area contributed by atoms with Gasteiger partial charge in [0.25, 0.3) is 0 Å². The van der Waals surface area contributed by atoms with E-state index in [0.29, 0.717) is 17.3 Å². The number of ether oxygens (including phenoxy) is 1. The number of hydrogen-bond donors (Lipinski definition) is 1. The van der Waals surface area contributed by atoms with Crippen LogP contribution in [-0.2, 0) is 4.74 Å². The zero-order chi connectivity index (χ0) is 11.8. The quantitative estimate of drug-likeness (QED) is 0.488. The van der Waals surface area contributed by atoms with E-state index in [0.717, 1.165) is 13.0 Å². The van der Waals surface area contributed by atoms with Gasteiger partial charge in [0.1, 0.15) is 0 Å². The largest absolute Gasteiger partial charge is 0.461 e. The summed E-state index contributed by atoms with van der Waals surface area (Å²) in [6.07, 6.45) is 0.769. The van der Waals surface area contributed by atoms with E-state index in [2.05, 4.69) is 22.1 Å². The van der Waals surface area contributed by atoms with Crippen LogP contribution < -0.4 is 5.32 Å². The number of rotatable bonds is 4. The van der Waals surface area contributed by atoms with Crippen LogP contribution in [0.15, 0.2) is 5.38 Å². The Morgan fingerprint density at radius 2 is 2.50 bits per heavy atom. The summed E-state index contributed by atoms with van der Waals surface area (Å²) in [6, 6.07) is 0. The van der Waals surface area contributed by atoms with Gasteiger partial charge in [-0.15, -0.1) is 11.3 Å². The molecule has 5 heteroatoms. The van der Waals surface area contributed by atoms with Gasteiger partial charge >= 0.3 is 5.97 Å². The Balaban J connectivity index is 2.56. The fourth-order valence-electron chi connectivity index (χ4n) is 0.956. The summed E-state index contributed by atoms with van der Waals surface area (Å²) in [6.45, 7) is 2.98. The summed E-state index contributed by atoms with van der Waals surface area (Å²) in [4.78, 5) is 15.4. The molecular formula is C11H14N2O2S. The molecule has 4 nitrogen and oxygen atoms in total. The smallest absolute Gasteiger partial charge is 0.357 e. The van der Waals surface area contributed by atoms with Crippen LogP contribution in [-0.4, -0.2) is 31.2 Å². The number of aromatic nitrogens is 1. The highest BCUT2D eigenvalue weighted by atomic mass is 32.1. The van der Waals surface area contributed by atoms with E-state index >= 15 is 0 Å². The average Bonchev–Trinajstić information content (AvgIpc) is 2.73. The molecule has 0 spiro atoms. The second-order valence-electron chi connectivity index (χ2n) is 2.91. The van der Waals surface area contributed by atoms with E-state index in [1.54, 1.807) is 12.3 Å². The van der Waals surface area contributed by atoms with E-state index in [-0.39, 0.29) is 5.97 Å². The van der Waals surface area contributed by atoms with Crippen LogP contribution in [0.4, 0.5) is 0 Å². The molecule has 0 amide bonds. The third-order valence-electron chi connectivity index (χ3n) is 1.68.